The smallest absolute Gasteiger partial charge is 0.264 e. The van der Waals surface area contributed by atoms with Crippen molar-refractivity contribution in [1.29, 1.82) is 0 Å². The molecule has 0 saturated carbocycles. The van der Waals surface area contributed by atoms with Gasteiger partial charge in [0, 0.05) is 23.5 Å². The molecule has 45 heavy (non-hydrogen) atoms. The van der Waals surface area contributed by atoms with E-state index in [2.05, 4.69) is 5.32 Å². The lowest BCUT2D eigenvalue weighted by Gasteiger charge is -2.35. The van der Waals surface area contributed by atoms with Gasteiger partial charge in [-0.1, -0.05) is 84.4 Å². The van der Waals surface area contributed by atoms with E-state index in [4.69, 9.17) is 11.6 Å². The van der Waals surface area contributed by atoms with Crippen molar-refractivity contribution in [2.75, 3.05) is 10.8 Å². The Hall–Kier alpha value is -4.14. The molecule has 0 saturated heterocycles. The van der Waals surface area contributed by atoms with E-state index in [1.165, 1.54) is 17.0 Å². The van der Waals surface area contributed by atoms with Crippen LogP contribution in [0.4, 0.5) is 5.69 Å². The second-order valence-corrected chi connectivity index (χ2v) is 14.4. The fourth-order valence-electron chi connectivity index (χ4n) is 5.11. The van der Waals surface area contributed by atoms with Gasteiger partial charge in [-0.05, 0) is 87.2 Å². The van der Waals surface area contributed by atoms with Crippen LogP contribution in [0.3, 0.4) is 0 Å². The predicted molar refractivity (Wildman–Crippen MR) is 181 cm³/mol. The summed E-state index contributed by atoms with van der Waals surface area (Å²) in [5.41, 5.74) is 3.03. The summed E-state index contributed by atoms with van der Waals surface area (Å²) >= 11 is 6.23. The number of nitrogens with zero attached hydrogens (tertiary/aromatic N) is 2. The third-order valence-corrected chi connectivity index (χ3v) is 9.42. The molecule has 0 bridgehead atoms. The summed E-state index contributed by atoms with van der Waals surface area (Å²) in [6.45, 7) is 8.93. The summed E-state index contributed by atoms with van der Waals surface area (Å²) in [7, 11) is -4.19. The number of hydrogen-bond acceptors (Lipinski definition) is 4. The van der Waals surface area contributed by atoms with E-state index in [0.29, 0.717) is 16.3 Å². The van der Waals surface area contributed by atoms with Crippen molar-refractivity contribution < 1.29 is 18.0 Å². The minimum absolute atomic E-state index is 0.0453. The topological polar surface area (TPSA) is 86.8 Å². The third-order valence-electron chi connectivity index (χ3n) is 7.41. The minimum atomic E-state index is -4.19. The van der Waals surface area contributed by atoms with Crippen molar-refractivity contribution in [2.24, 2.45) is 0 Å². The van der Waals surface area contributed by atoms with Gasteiger partial charge in [0.15, 0.2) is 0 Å². The molecule has 0 aliphatic rings. The maximum absolute atomic E-state index is 14.6. The lowest BCUT2D eigenvalue weighted by molar-refractivity contribution is -0.140. The highest BCUT2D eigenvalue weighted by molar-refractivity contribution is 7.92. The zero-order valence-corrected chi connectivity index (χ0v) is 27.9. The molecular weight excluding hydrogens is 606 g/mol. The molecule has 9 heteroatoms. The van der Waals surface area contributed by atoms with Crippen molar-refractivity contribution in [3.8, 4) is 0 Å². The second kappa shape index (κ2) is 14.3. The van der Waals surface area contributed by atoms with Crippen LogP contribution in [0.2, 0.25) is 5.02 Å². The average molecular weight is 646 g/mol. The molecule has 0 heterocycles. The van der Waals surface area contributed by atoms with Crippen LogP contribution in [0.5, 0.6) is 0 Å². The molecule has 4 rings (SSSR count). The number of carbonyl (C=O) groups excluding carboxylic acids is 2. The van der Waals surface area contributed by atoms with Gasteiger partial charge in [0.05, 0.1) is 10.6 Å². The summed E-state index contributed by atoms with van der Waals surface area (Å²) in [5, 5.41) is 3.50. The molecule has 1 N–H and O–H groups in total. The molecule has 236 valence electrons. The van der Waals surface area contributed by atoms with Crippen LogP contribution in [-0.4, -0.2) is 43.3 Å². The Bertz CT molecular complexity index is 1740. The summed E-state index contributed by atoms with van der Waals surface area (Å²) < 4.78 is 29.4. The molecule has 0 aliphatic heterocycles. The summed E-state index contributed by atoms with van der Waals surface area (Å²) in [4.78, 5) is 30.2. The molecular formula is C36H40ClN3O4S. The van der Waals surface area contributed by atoms with E-state index >= 15 is 0 Å². The van der Waals surface area contributed by atoms with E-state index in [9.17, 15) is 18.0 Å². The van der Waals surface area contributed by atoms with Crippen LogP contribution in [-0.2, 0) is 32.6 Å². The summed E-state index contributed by atoms with van der Waals surface area (Å²) in [6, 6.07) is 29.1. The molecule has 0 aromatic heterocycles. The Morgan fingerprint density at radius 2 is 1.42 bits per heavy atom. The van der Waals surface area contributed by atoms with Crippen molar-refractivity contribution >= 4 is 39.1 Å². The number of amides is 2. The SMILES string of the molecule is Cc1ccccc1CN(C(=O)CN(c1ccc(Cl)cc1C)S(=O)(=O)c1ccccc1)C(Cc1ccccc1)C(=O)NC(C)(C)C. The van der Waals surface area contributed by atoms with Crippen molar-refractivity contribution in [3.63, 3.8) is 0 Å². The molecule has 2 amide bonds. The molecule has 4 aromatic rings. The number of anilines is 1. The lowest BCUT2D eigenvalue weighted by atomic mass is 10.00. The van der Waals surface area contributed by atoms with Crippen molar-refractivity contribution in [2.45, 2.75) is 64.1 Å². The van der Waals surface area contributed by atoms with Gasteiger partial charge >= 0.3 is 0 Å². The number of carbonyl (C=O) groups is 2. The maximum atomic E-state index is 14.6. The Labute approximate surface area is 271 Å². The van der Waals surface area contributed by atoms with Crippen LogP contribution in [0.15, 0.2) is 108 Å². The highest BCUT2D eigenvalue weighted by atomic mass is 35.5. The van der Waals surface area contributed by atoms with E-state index in [-0.39, 0.29) is 23.8 Å². The Morgan fingerprint density at radius 3 is 2.02 bits per heavy atom. The highest BCUT2D eigenvalue weighted by Crippen LogP contribution is 2.30. The molecule has 0 radical (unpaired) electrons. The monoisotopic (exact) mass is 645 g/mol. The number of halogens is 1. The Balaban J connectivity index is 1.84. The van der Waals surface area contributed by atoms with Crippen LogP contribution in [0, 0.1) is 13.8 Å². The largest absolute Gasteiger partial charge is 0.350 e. The first-order valence-corrected chi connectivity index (χ1v) is 16.6. The number of hydrogen-bond donors (Lipinski definition) is 1. The first kappa shape index (κ1) is 33.7. The Morgan fingerprint density at radius 1 is 0.822 bits per heavy atom. The van der Waals surface area contributed by atoms with Gasteiger partial charge in [0.25, 0.3) is 10.0 Å². The van der Waals surface area contributed by atoms with E-state index in [1.54, 1.807) is 43.3 Å². The predicted octanol–water partition coefficient (Wildman–Crippen LogP) is 6.71. The first-order valence-electron chi connectivity index (χ1n) is 14.8. The number of rotatable bonds is 11. The highest BCUT2D eigenvalue weighted by Gasteiger charge is 2.36. The molecule has 1 atom stereocenters. The van der Waals surface area contributed by atoms with Crippen LogP contribution < -0.4 is 9.62 Å². The fraction of sp³-hybridized carbons (Fsp3) is 0.278. The second-order valence-electron chi connectivity index (χ2n) is 12.1. The van der Waals surface area contributed by atoms with Crippen molar-refractivity contribution in [1.82, 2.24) is 10.2 Å². The average Bonchev–Trinajstić information content (AvgIpc) is 2.99. The van der Waals surface area contributed by atoms with Gasteiger partial charge in [0.2, 0.25) is 11.8 Å². The minimum Gasteiger partial charge on any atom is -0.350 e. The third kappa shape index (κ3) is 8.74. The van der Waals surface area contributed by atoms with E-state index < -0.39 is 34.1 Å². The molecule has 0 fully saturated rings. The van der Waals surface area contributed by atoms with E-state index in [1.807, 2.05) is 82.3 Å². The number of sulfonamides is 1. The number of benzene rings is 4. The zero-order valence-electron chi connectivity index (χ0n) is 26.3. The Kier molecular flexibility index (Phi) is 10.7. The summed E-state index contributed by atoms with van der Waals surface area (Å²) in [5.74, 6) is -0.842. The molecule has 4 aromatic carbocycles. The molecule has 0 aliphatic carbocycles. The quantitative estimate of drug-likeness (QED) is 0.197. The first-order chi connectivity index (χ1) is 21.3. The normalized spacial score (nSPS) is 12.3. The van der Waals surface area contributed by atoms with Gasteiger partial charge in [0.1, 0.15) is 12.6 Å². The molecule has 1 unspecified atom stereocenters. The lowest BCUT2D eigenvalue weighted by Crippen LogP contribution is -2.56. The fourth-order valence-corrected chi connectivity index (χ4v) is 6.84. The van der Waals surface area contributed by atoms with Gasteiger partial charge in [-0.2, -0.15) is 0 Å². The molecule has 0 spiro atoms. The summed E-state index contributed by atoms with van der Waals surface area (Å²) in [6.07, 6.45) is 0.242. The van der Waals surface area contributed by atoms with Crippen LogP contribution in [0.1, 0.15) is 43.0 Å². The van der Waals surface area contributed by atoms with E-state index in [0.717, 1.165) is 21.0 Å². The van der Waals surface area contributed by atoms with Crippen LogP contribution in [0.25, 0.3) is 0 Å². The molecule has 7 nitrogen and oxygen atoms in total. The van der Waals surface area contributed by atoms with Gasteiger partial charge < -0.3 is 10.2 Å². The van der Waals surface area contributed by atoms with Gasteiger partial charge in [-0.25, -0.2) is 8.42 Å². The number of aryl methyl sites for hydroxylation is 2. The van der Waals surface area contributed by atoms with Crippen LogP contribution >= 0.6 is 11.6 Å². The maximum Gasteiger partial charge on any atom is 0.264 e. The zero-order chi connectivity index (χ0) is 32.8. The van der Waals surface area contributed by atoms with Gasteiger partial charge in [-0.15, -0.1) is 0 Å². The number of nitrogens with one attached hydrogen (secondary N) is 1. The standard InChI is InChI=1S/C36H40ClN3O4S/c1-26-14-12-13-17-29(26)24-39(33(35(42)38-36(3,4)5)23-28-15-8-6-9-16-28)34(41)25-40(32-21-20-30(37)22-27(32)2)45(43,44)31-18-10-7-11-19-31/h6-22,33H,23-25H2,1-5H3,(H,38,42). The van der Waals surface area contributed by atoms with Crippen molar-refractivity contribution in [3.05, 3.63) is 130 Å². The van der Waals surface area contributed by atoms with Gasteiger partial charge in [-0.3, -0.25) is 13.9 Å².